The van der Waals surface area contributed by atoms with Crippen molar-refractivity contribution < 1.29 is 23.5 Å². The molecule has 0 saturated heterocycles. The maximum atomic E-state index is 12.6. The average molecular weight is 474 g/mol. The number of ether oxygens (including phenoxy) is 2. The third kappa shape index (κ3) is 4.81. The smallest absolute Gasteiger partial charge is 0.341 e. The maximum absolute atomic E-state index is 12.6. The number of para-hydroxylation sites is 1. The largest absolute Gasteiger partial charge is 0.496 e. The van der Waals surface area contributed by atoms with Crippen LogP contribution in [0.25, 0.3) is 11.5 Å². The van der Waals surface area contributed by atoms with Gasteiger partial charge in [0.25, 0.3) is 11.1 Å². The summed E-state index contributed by atoms with van der Waals surface area (Å²) >= 11 is 2.60. The average Bonchev–Trinajstić information content (AvgIpc) is 3.35. The van der Waals surface area contributed by atoms with E-state index in [1.165, 1.54) is 18.4 Å². The first kappa shape index (κ1) is 22.3. The van der Waals surface area contributed by atoms with Gasteiger partial charge in [0.1, 0.15) is 10.8 Å². The fourth-order valence-electron chi connectivity index (χ4n) is 3.64. The third-order valence-electron chi connectivity index (χ3n) is 5.13. The molecular formula is C22H23N3O5S2. The van der Waals surface area contributed by atoms with Gasteiger partial charge in [-0.05, 0) is 43.4 Å². The maximum Gasteiger partial charge on any atom is 0.341 e. The molecule has 0 fully saturated rings. The zero-order valence-electron chi connectivity index (χ0n) is 17.8. The monoisotopic (exact) mass is 473 g/mol. The first-order valence-corrected chi connectivity index (χ1v) is 12.0. The van der Waals surface area contributed by atoms with E-state index < -0.39 is 5.97 Å². The van der Waals surface area contributed by atoms with Gasteiger partial charge in [0.15, 0.2) is 0 Å². The molecule has 1 aliphatic carbocycles. The lowest BCUT2D eigenvalue weighted by Crippen LogP contribution is -2.16. The van der Waals surface area contributed by atoms with E-state index in [4.69, 9.17) is 13.9 Å². The number of anilines is 1. The van der Waals surface area contributed by atoms with E-state index in [0.29, 0.717) is 27.8 Å². The van der Waals surface area contributed by atoms with Gasteiger partial charge in [0.05, 0.1) is 31.1 Å². The van der Waals surface area contributed by atoms with Gasteiger partial charge in [-0.25, -0.2) is 4.79 Å². The fraction of sp³-hybridized carbons (Fsp3) is 0.364. The van der Waals surface area contributed by atoms with Crippen LogP contribution in [0.3, 0.4) is 0 Å². The molecule has 0 spiro atoms. The second kappa shape index (κ2) is 10.2. The highest BCUT2D eigenvalue weighted by Gasteiger charge is 2.26. The molecule has 0 unspecified atom stereocenters. The number of nitrogens with one attached hydrogen (secondary N) is 1. The molecule has 8 nitrogen and oxygen atoms in total. The summed E-state index contributed by atoms with van der Waals surface area (Å²) < 4.78 is 16.0. The number of carbonyl (C=O) groups excluding carboxylic acids is 2. The van der Waals surface area contributed by atoms with Crippen LogP contribution in [0, 0.1) is 0 Å². The number of amides is 1. The Balaban J connectivity index is 1.44. The lowest BCUT2D eigenvalue weighted by atomic mass is 10.1. The topological polar surface area (TPSA) is 104 Å². The number of thiophene rings is 1. The molecule has 1 aromatic carbocycles. The van der Waals surface area contributed by atoms with Crippen LogP contribution < -0.4 is 10.1 Å². The lowest BCUT2D eigenvalue weighted by molar-refractivity contribution is -0.113. The Morgan fingerprint density at radius 3 is 2.78 bits per heavy atom. The Labute approximate surface area is 193 Å². The van der Waals surface area contributed by atoms with Crippen molar-refractivity contribution in [2.24, 2.45) is 0 Å². The van der Waals surface area contributed by atoms with Gasteiger partial charge < -0.3 is 19.2 Å². The van der Waals surface area contributed by atoms with Crippen molar-refractivity contribution in [3.8, 4) is 17.2 Å². The summed E-state index contributed by atoms with van der Waals surface area (Å²) in [5.41, 5.74) is 2.19. The van der Waals surface area contributed by atoms with Gasteiger partial charge in [0, 0.05) is 4.88 Å². The van der Waals surface area contributed by atoms with Crippen molar-refractivity contribution in [3.05, 3.63) is 40.3 Å². The number of benzene rings is 1. The van der Waals surface area contributed by atoms with Gasteiger partial charge in [-0.3, -0.25) is 4.79 Å². The summed E-state index contributed by atoms with van der Waals surface area (Å²) in [6.07, 6.45) is 5.00. The molecule has 1 aliphatic rings. The molecule has 0 saturated carbocycles. The molecule has 3 aromatic rings. The van der Waals surface area contributed by atoms with Crippen LogP contribution in [0.1, 0.15) is 40.1 Å². The number of nitrogens with zero attached hydrogens (tertiary/aromatic N) is 2. The molecule has 0 bridgehead atoms. The molecule has 168 valence electrons. The zero-order valence-corrected chi connectivity index (χ0v) is 19.4. The molecule has 4 rings (SSSR count). The summed E-state index contributed by atoms with van der Waals surface area (Å²) in [5, 5.41) is 11.8. The van der Waals surface area contributed by atoms with Gasteiger partial charge in [-0.2, -0.15) is 0 Å². The number of fused-ring (bicyclic) bond motifs is 1. The van der Waals surface area contributed by atoms with Crippen molar-refractivity contribution in [1.29, 1.82) is 0 Å². The molecule has 10 heteroatoms. The summed E-state index contributed by atoms with van der Waals surface area (Å²) in [6, 6.07) is 7.33. The van der Waals surface area contributed by atoms with Gasteiger partial charge in [-0.15, -0.1) is 21.5 Å². The van der Waals surface area contributed by atoms with Crippen molar-refractivity contribution in [3.63, 3.8) is 0 Å². The van der Waals surface area contributed by atoms with Crippen LogP contribution in [-0.4, -0.2) is 42.0 Å². The third-order valence-corrected chi connectivity index (χ3v) is 7.16. The quantitative estimate of drug-likeness (QED) is 0.302. The predicted molar refractivity (Wildman–Crippen MR) is 123 cm³/mol. The second-order valence-corrected chi connectivity index (χ2v) is 9.20. The number of methoxy groups -OCH3 is 2. The van der Waals surface area contributed by atoms with Crippen molar-refractivity contribution in [1.82, 2.24) is 10.2 Å². The van der Waals surface area contributed by atoms with Crippen molar-refractivity contribution in [2.75, 3.05) is 25.3 Å². The normalized spacial score (nSPS) is 13.2. The molecular weight excluding hydrogens is 450 g/mol. The number of aromatic nitrogens is 2. The fourth-order valence-corrected chi connectivity index (χ4v) is 5.49. The van der Waals surface area contributed by atoms with Crippen LogP contribution in [0.2, 0.25) is 0 Å². The molecule has 0 atom stereocenters. The van der Waals surface area contributed by atoms with E-state index in [1.54, 1.807) is 13.2 Å². The SMILES string of the molecule is COC(=O)c1c(NC(=O)CSc2nnc(-c3ccccc3OC)o2)sc2c1CCCCC2. The minimum atomic E-state index is -0.411. The highest BCUT2D eigenvalue weighted by Crippen LogP contribution is 2.38. The highest BCUT2D eigenvalue weighted by molar-refractivity contribution is 7.99. The van der Waals surface area contributed by atoms with E-state index in [9.17, 15) is 9.59 Å². The minimum Gasteiger partial charge on any atom is -0.496 e. The summed E-state index contributed by atoms with van der Waals surface area (Å²) in [4.78, 5) is 26.2. The molecule has 2 heterocycles. The van der Waals surface area contributed by atoms with Crippen molar-refractivity contribution >= 4 is 40.0 Å². The Morgan fingerprint density at radius 1 is 1.16 bits per heavy atom. The standard InChI is InChI=1S/C22H23N3O5S2/c1-28-15-10-7-6-8-13(15)19-24-25-22(30-19)31-12-17(26)23-20-18(21(27)29-2)14-9-4-3-5-11-16(14)32-20/h6-8,10H,3-5,9,11-12H2,1-2H3,(H,23,26). The summed E-state index contributed by atoms with van der Waals surface area (Å²) in [7, 11) is 2.93. The number of hydrogen-bond donors (Lipinski definition) is 1. The second-order valence-electron chi connectivity index (χ2n) is 7.17. The van der Waals surface area contributed by atoms with Gasteiger partial charge in [0.2, 0.25) is 5.91 Å². The predicted octanol–water partition coefficient (Wildman–Crippen LogP) is 4.59. The van der Waals surface area contributed by atoms with Gasteiger partial charge >= 0.3 is 5.97 Å². The number of aryl methyl sites for hydroxylation is 1. The van der Waals surface area contributed by atoms with E-state index >= 15 is 0 Å². The Bertz CT molecular complexity index is 1120. The van der Waals surface area contributed by atoms with Crippen LogP contribution >= 0.6 is 23.1 Å². The Morgan fingerprint density at radius 2 is 1.97 bits per heavy atom. The molecule has 2 aromatic heterocycles. The molecule has 32 heavy (non-hydrogen) atoms. The number of hydrogen-bond acceptors (Lipinski definition) is 9. The number of rotatable bonds is 7. The van der Waals surface area contributed by atoms with Gasteiger partial charge in [-0.1, -0.05) is 30.3 Å². The van der Waals surface area contributed by atoms with Crippen molar-refractivity contribution in [2.45, 2.75) is 37.3 Å². The lowest BCUT2D eigenvalue weighted by Gasteiger charge is -2.07. The zero-order chi connectivity index (χ0) is 22.5. The van der Waals surface area contributed by atoms with E-state index in [-0.39, 0.29) is 16.9 Å². The van der Waals surface area contributed by atoms with Crippen LogP contribution in [0.15, 0.2) is 33.9 Å². The van der Waals surface area contributed by atoms with E-state index in [2.05, 4.69) is 15.5 Å². The first-order chi connectivity index (χ1) is 15.6. The highest BCUT2D eigenvalue weighted by atomic mass is 32.2. The summed E-state index contributed by atoms with van der Waals surface area (Å²) in [6.45, 7) is 0. The Kier molecular flexibility index (Phi) is 7.11. The number of esters is 1. The minimum absolute atomic E-state index is 0.0662. The van der Waals surface area contributed by atoms with Crippen LogP contribution in [0.4, 0.5) is 5.00 Å². The van der Waals surface area contributed by atoms with Crippen LogP contribution in [0.5, 0.6) is 5.75 Å². The number of carbonyl (C=O) groups is 2. The molecule has 0 radical (unpaired) electrons. The summed E-state index contributed by atoms with van der Waals surface area (Å²) in [5.74, 6) is 0.342. The van der Waals surface area contributed by atoms with Crippen LogP contribution in [-0.2, 0) is 22.4 Å². The Hall–Kier alpha value is -2.85. The van der Waals surface area contributed by atoms with E-state index in [0.717, 1.165) is 54.3 Å². The first-order valence-electron chi connectivity index (χ1n) is 10.2. The van der Waals surface area contributed by atoms with E-state index in [1.807, 2.05) is 18.2 Å². The molecule has 0 aliphatic heterocycles. The number of thioether (sulfide) groups is 1. The molecule has 1 N–H and O–H groups in total. The molecule has 1 amide bonds.